The van der Waals surface area contributed by atoms with Crippen LogP contribution in [0, 0.1) is 11.3 Å². The molecule has 4 N–H and O–H groups in total. The van der Waals surface area contributed by atoms with Crippen molar-refractivity contribution >= 4 is 28.4 Å². The molecule has 14 heteroatoms. The van der Waals surface area contributed by atoms with Gasteiger partial charge in [0.1, 0.15) is 41.8 Å². The Bertz CT molecular complexity index is 1550. The first-order valence-electron chi connectivity index (χ1n) is 16.4. The van der Waals surface area contributed by atoms with E-state index in [4.69, 9.17) is 18.9 Å². The third-order valence-electron chi connectivity index (χ3n) is 8.33. The highest BCUT2D eigenvalue weighted by atomic mass is 16.5. The average molecular weight is 665 g/mol. The summed E-state index contributed by atoms with van der Waals surface area (Å²) >= 11 is 0. The van der Waals surface area contributed by atoms with Gasteiger partial charge in [-0.25, -0.2) is 4.68 Å². The van der Waals surface area contributed by atoms with Crippen LogP contribution in [-0.2, 0) is 36.9 Å². The third-order valence-corrected chi connectivity index (χ3v) is 8.33. The molecule has 0 radical (unpaired) electrons. The maximum Gasteiger partial charge on any atom is 0.262 e. The van der Waals surface area contributed by atoms with E-state index in [1.54, 1.807) is 12.3 Å². The van der Waals surface area contributed by atoms with Gasteiger partial charge in [0.05, 0.1) is 59.0 Å². The fourth-order valence-electron chi connectivity index (χ4n) is 5.66. The number of piperidine rings is 1. The Hall–Kier alpha value is -3.94. The van der Waals surface area contributed by atoms with Gasteiger partial charge in [0.25, 0.3) is 5.91 Å². The van der Waals surface area contributed by atoms with E-state index in [1.165, 1.54) is 29.6 Å². The summed E-state index contributed by atoms with van der Waals surface area (Å²) in [4.78, 5) is 15.0. The van der Waals surface area contributed by atoms with Gasteiger partial charge in [0.15, 0.2) is 0 Å². The second-order valence-electron chi connectivity index (χ2n) is 11.9. The van der Waals surface area contributed by atoms with Gasteiger partial charge in [-0.2, -0.15) is 5.26 Å². The van der Waals surface area contributed by atoms with Crippen LogP contribution in [-0.4, -0.2) is 120 Å². The van der Waals surface area contributed by atoms with Crippen LogP contribution >= 0.6 is 0 Å². The van der Waals surface area contributed by atoms with Crippen LogP contribution in [0.2, 0.25) is 0 Å². The van der Waals surface area contributed by atoms with Gasteiger partial charge in [-0.15, -0.1) is 5.10 Å². The van der Waals surface area contributed by atoms with E-state index >= 15 is 0 Å². The Balaban J connectivity index is 0.917. The molecule has 1 amide bonds. The normalized spacial score (nSPS) is 21.7. The first-order chi connectivity index (χ1) is 23.4. The average Bonchev–Trinajstić information content (AvgIpc) is 3.56. The maximum absolute atomic E-state index is 12.6. The first kappa shape index (κ1) is 35.4. The molecule has 2 aromatic carbocycles. The van der Waals surface area contributed by atoms with E-state index in [0.29, 0.717) is 32.1 Å². The van der Waals surface area contributed by atoms with Crippen molar-refractivity contribution in [1.29, 1.82) is 5.26 Å². The van der Waals surface area contributed by atoms with Crippen molar-refractivity contribution in [2.75, 3.05) is 64.2 Å². The number of ether oxygens (including phenoxy) is 4. The number of nitriles is 1. The molecule has 4 atom stereocenters. The summed E-state index contributed by atoms with van der Waals surface area (Å²) in [6.07, 6.45) is 2.67. The van der Waals surface area contributed by atoms with E-state index < -0.39 is 30.3 Å². The van der Waals surface area contributed by atoms with Gasteiger partial charge in [-0.3, -0.25) is 4.79 Å². The number of amides is 1. The Morgan fingerprint density at radius 3 is 2.50 bits per heavy atom. The molecule has 48 heavy (non-hydrogen) atoms. The maximum atomic E-state index is 12.6. The highest BCUT2D eigenvalue weighted by Gasteiger charge is 2.37. The van der Waals surface area contributed by atoms with E-state index in [2.05, 4.69) is 38.7 Å². The number of anilines is 1. The zero-order valence-corrected chi connectivity index (χ0v) is 26.9. The number of benzene rings is 2. The lowest BCUT2D eigenvalue weighted by Crippen LogP contribution is -2.54. The fourth-order valence-corrected chi connectivity index (χ4v) is 5.66. The molecule has 258 valence electrons. The lowest BCUT2D eigenvalue weighted by Gasteiger charge is -2.35. The van der Waals surface area contributed by atoms with Crippen LogP contribution in [0.5, 0.6) is 0 Å². The smallest absolute Gasteiger partial charge is 0.262 e. The van der Waals surface area contributed by atoms with Gasteiger partial charge in [0, 0.05) is 25.3 Å². The predicted octanol–water partition coefficient (Wildman–Crippen LogP) is 1.18. The van der Waals surface area contributed by atoms with Crippen molar-refractivity contribution in [3.63, 3.8) is 0 Å². The summed E-state index contributed by atoms with van der Waals surface area (Å²) < 4.78 is 23.4. The molecule has 0 spiro atoms. The summed E-state index contributed by atoms with van der Waals surface area (Å²) in [7, 11) is 0. The first-order valence-corrected chi connectivity index (χ1v) is 16.4. The predicted molar refractivity (Wildman–Crippen MR) is 176 cm³/mol. The molecular formula is C34H44N6O8. The summed E-state index contributed by atoms with van der Waals surface area (Å²) in [5, 5.41) is 51.9. The number of rotatable bonds is 16. The van der Waals surface area contributed by atoms with Crippen molar-refractivity contribution < 1.29 is 39.1 Å². The summed E-state index contributed by atoms with van der Waals surface area (Å²) in [6.45, 7) is 4.40. The van der Waals surface area contributed by atoms with Crippen LogP contribution in [0.25, 0.3) is 16.8 Å². The van der Waals surface area contributed by atoms with E-state index in [-0.39, 0.29) is 38.5 Å². The zero-order chi connectivity index (χ0) is 33.7. The summed E-state index contributed by atoms with van der Waals surface area (Å²) in [6, 6.07) is 14.4. The standard InChI is InChI=1S/C34H44N6O8/c35-19-27(17-24-4-5-26-18-29(7-6-25(26)16-24)39-9-2-1-3-10-39)34(44)36-8-11-45-12-13-46-14-15-47-22-28-20-40(38-37-28)21-31-33(43)32(42)30(41)23-48-31/h4-7,16-18,20,30-33,41-43H,1-3,8-15,21-23H2,(H,36,44)/b27-17+/t30-,31+,32+,33+/m0/s1. The van der Waals surface area contributed by atoms with Crippen molar-refractivity contribution in [3.8, 4) is 6.07 Å². The molecule has 0 bridgehead atoms. The quantitative estimate of drug-likeness (QED) is 0.0976. The number of nitrogens with one attached hydrogen (secondary N) is 1. The highest BCUT2D eigenvalue weighted by Crippen LogP contribution is 2.26. The Labute approximate surface area is 279 Å². The molecular weight excluding hydrogens is 620 g/mol. The van der Waals surface area contributed by atoms with Crippen molar-refractivity contribution in [2.24, 2.45) is 0 Å². The third kappa shape index (κ3) is 10.0. The number of hydrogen-bond donors (Lipinski definition) is 4. The number of aromatic nitrogens is 3. The highest BCUT2D eigenvalue weighted by molar-refractivity contribution is 6.02. The molecule has 2 aliphatic rings. The van der Waals surface area contributed by atoms with E-state index in [0.717, 1.165) is 29.4 Å². The van der Waals surface area contributed by atoms with Crippen LogP contribution in [0.3, 0.4) is 0 Å². The molecule has 2 saturated heterocycles. The molecule has 14 nitrogen and oxygen atoms in total. The topological polar surface area (TPSA) is 184 Å². The van der Waals surface area contributed by atoms with Crippen molar-refractivity contribution in [2.45, 2.75) is 56.8 Å². The number of carbonyl (C=O) groups is 1. The summed E-state index contributed by atoms with van der Waals surface area (Å²) in [5.41, 5.74) is 2.64. The molecule has 0 saturated carbocycles. The zero-order valence-electron chi connectivity index (χ0n) is 26.9. The lowest BCUT2D eigenvalue weighted by atomic mass is 10.0. The Morgan fingerprint density at radius 1 is 0.979 bits per heavy atom. The Kier molecular flexibility index (Phi) is 13.3. The molecule has 0 unspecified atom stereocenters. The monoisotopic (exact) mass is 664 g/mol. The van der Waals surface area contributed by atoms with E-state index in [9.17, 15) is 25.4 Å². The largest absolute Gasteiger partial charge is 0.388 e. The van der Waals surface area contributed by atoms with Crippen LogP contribution in [0.15, 0.2) is 48.2 Å². The Morgan fingerprint density at radius 2 is 1.71 bits per heavy atom. The van der Waals surface area contributed by atoms with Gasteiger partial charge in [-0.05, 0) is 59.9 Å². The van der Waals surface area contributed by atoms with Gasteiger partial charge < -0.3 is 44.5 Å². The van der Waals surface area contributed by atoms with Gasteiger partial charge >= 0.3 is 0 Å². The van der Waals surface area contributed by atoms with E-state index in [1.807, 2.05) is 24.3 Å². The number of nitrogens with zero attached hydrogens (tertiary/aromatic N) is 5. The molecule has 1 aromatic heterocycles. The number of carbonyl (C=O) groups excluding carboxylic acids is 1. The minimum atomic E-state index is -1.27. The molecule has 3 aromatic rings. The number of hydrogen-bond acceptors (Lipinski definition) is 12. The van der Waals surface area contributed by atoms with Crippen molar-refractivity contribution in [1.82, 2.24) is 20.3 Å². The van der Waals surface area contributed by atoms with Crippen LogP contribution < -0.4 is 10.2 Å². The molecule has 3 heterocycles. The number of aliphatic hydroxyl groups is 3. The molecule has 5 rings (SSSR count). The minimum absolute atomic E-state index is 0.0304. The van der Waals surface area contributed by atoms with Gasteiger partial charge in [-0.1, -0.05) is 23.4 Å². The van der Waals surface area contributed by atoms with Gasteiger partial charge in [0.2, 0.25) is 0 Å². The number of fused-ring (bicyclic) bond motifs is 1. The molecule has 2 fully saturated rings. The van der Waals surface area contributed by atoms with Crippen LogP contribution in [0.4, 0.5) is 5.69 Å². The lowest BCUT2D eigenvalue weighted by molar-refractivity contribution is -0.190. The minimum Gasteiger partial charge on any atom is -0.388 e. The molecule has 2 aliphatic heterocycles. The number of aliphatic hydroxyl groups excluding tert-OH is 3. The second kappa shape index (κ2) is 18.0. The fraction of sp³-hybridized carbons (Fsp3) is 0.529. The SMILES string of the molecule is N#C/C(=C\c1ccc2cc(N3CCCCC3)ccc2c1)C(=O)NCCOCCOCCOCc1cn(C[C@H]2OC[C@H](O)[C@@H](O)[C@@H]2O)nn1. The molecule has 0 aliphatic carbocycles. The van der Waals surface area contributed by atoms with Crippen LogP contribution in [0.1, 0.15) is 30.5 Å². The summed E-state index contributed by atoms with van der Waals surface area (Å²) in [5.74, 6) is -0.450. The second-order valence-corrected chi connectivity index (χ2v) is 11.9. The van der Waals surface area contributed by atoms with Crippen molar-refractivity contribution in [3.05, 3.63) is 59.4 Å².